The molecule has 7 heteroatoms. The van der Waals surface area contributed by atoms with Crippen LogP contribution in [0.4, 0.5) is 0 Å². The van der Waals surface area contributed by atoms with Crippen LogP contribution in [0, 0.1) is 10.1 Å². The molecule has 2 heterocycles. The fourth-order valence-corrected chi connectivity index (χ4v) is 3.64. The molecule has 1 aliphatic rings. The maximum Gasteiger partial charge on any atom is 0.365 e. The first-order chi connectivity index (χ1) is 8.41. The Morgan fingerprint density at radius 2 is 2.22 bits per heavy atom. The van der Waals surface area contributed by atoms with E-state index in [1.165, 1.54) is 18.3 Å². The van der Waals surface area contributed by atoms with Gasteiger partial charge in [0, 0.05) is 4.88 Å². The van der Waals surface area contributed by atoms with Crippen LogP contribution < -0.4 is 0 Å². The van der Waals surface area contributed by atoms with Gasteiger partial charge < -0.3 is 4.74 Å². The summed E-state index contributed by atoms with van der Waals surface area (Å²) in [6.45, 7) is 3.00. The van der Waals surface area contributed by atoms with Crippen molar-refractivity contribution in [1.82, 2.24) is 0 Å². The van der Waals surface area contributed by atoms with Gasteiger partial charge in [-0.1, -0.05) is 0 Å². The predicted octanol–water partition coefficient (Wildman–Crippen LogP) is 3.09. The molecule has 0 fully saturated rings. The van der Waals surface area contributed by atoms with E-state index < -0.39 is 17.1 Å². The van der Waals surface area contributed by atoms with E-state index in [-0.39, 0.29) is 5.78 Å². The van der Waals surface area contributed by atoms with Crippen LogP contribution in [-0.2, 0) is 9.53 Å². The third kappa shape index (κ3) is 2.20. The Bertz CT molecular complexity index is 551. The zero-order valence-corrected chi connectivity index (χ0v) is 12.1. The summed E-state index contributed by atoms with van der Waals surface area (Å²) in [5.74, 6) is -0.459. The number of allylic oxidation sites excluding steroid dienone is 1. The van der Waals surface area contributed by atoms with E-state index in [4.69, 9.17) is 4.74 Å². The monoisotopic (exact) mass is 331 g/mol. The Labute approximate surface area is 116 Å². The second-order valence-corrected chi connectivity index (χ2v) is 6.43. The summed E-state index contributed by atoms with van der Waals surface area (Å²) in [6, 6.07) is 3.59. The maximum atomic E-state index is 11.6. The molecule has 0 saturated heterocycles. The smallest absolute Gasteiger partial charge is 0.365 e. The number of rotatable bonds is 3. The van der Waals surface area contributed by atoms with Crippen molar-refractivity contribution in [1.29, 1.82) is 0 Å². The number of hydrogen-bond donors (Lipinski definition) is 0. The molecule has 0 bridgehead atoms. The topological polar surface area (TPSA) is 69.4 Å². The number of Topliss-reactive ketones (excluding diaryl/α,β-unsaturated/α-hetero) is 1. The van der Waals surface area contributed by atoms with Crippen LogP contribution in [0.5, 0.6) is 0 Å². The van der Waals surface area contributed by atoms with Gasteiger partial charge in [0.1, 0.15) is 11.7 Å². The van der Waals surface area contributed by atoms with Crippen LogP contribution in [-0.4, -0.2) is 16.9 Å². The normalized spacial score (nSPS) is 23.1. The maximum absolute atomic E-state index is 11.6. The molecule has 0 saturated carbocycles. The van der Waals surface area contributed by atoms with Crippen molar-refractivity contribution in [3.05, 3.63) is 42.2 Å². The van der Waals surface area contributed by atoms with E-state index in [0.717, 1.165) is 8.66 Å². The first-order valence-corrected chi connectivity index (χ1v) is 6.80. The summed E-state index contributed by atoms with van der Waals surface area (Å²) in [4.78, 5) is 23.0. The lowest BCUT2D eigenvalue weighted by Gasteiger charge is -2.11. The molecule has 2 unspecified atom stereocenters. The summed E-state index contributed by atoms with van der Waals surface area (Å²) in [5, 5.41) is 11.0. The molecule has 0 spiro atoms. The third-order valence-electron chi connectivity index (χ3n) is 2.76. The van der Waals surface area contributed by atoms with Crippen LogP contribution in [0.3, 0.4) is 0 Å². The van der Waals surface area contributed by atoms with Gasteiger partial charge in [-0.2, -0.15) is 0 Å². The van der Waals surface area contributed by atoms with E-state index in [1.807, 2.05) is 6.07 Å². The molecule has 0 aromatic carbocycles. The van der Waals surface area contributed by atoms with Crippen LogP contribution >= 0.6 is 27.3 Å². The van der Waals surface area contributed by atoms with Gasteiger partial charge in [0.15, 0.2) is 5.78 Å². The minimum absolute atomic E-state index is 0.189. The minimum atomic E-state index is -1.21. The third-order valence-corrected chi connectivity index (χ3v) is 4.47. The Hall–Kier alpha value is -1.21. The van der Waals surface area contributed by atoms with Crippen molar-refractivity contribution >= 4 is 33.0 Å². The fraction of sp³-hybridized carbons (Fsp3) is 0.364. The van der Waals surface area contributed by atoms with Crippen molar-refractivity contribution in [3.8, 4) is 0 Å². The average molecular weight is 332 g/mol. The molecular weight excluding hydrogens is 322 g/mol. The predicted molar refractivity (Wildman–Crippen MR) is 70.0 cm³/mol. The fourth-order valence-electron chi connectivity index (χ4n) is 2.08. The molecule has 1 aromatic heterocycles. The van der Waals surface area contributed by atoms with Crippen molar-refractivity contribution in [2.75, 3.05) is 0 Å². The largest absolute Gasteiger partial charge is 0.434 e. The molecule has 2 rings (SSSR count). The SMILES string of the molecule is CC(=O)C1=C(C)OC([N+](=O)[O-])C1c1ccc(Br)s1. The Kier molecular flexibility index (Phi) is 3.54. The van der Waals surface area contributed by atoms with Crippen LogP contribution in [0.25, 0.3) is 0 Å². The second-order valence-electron chi connectivity index (χ2n) is 3.94. The van der Waals surface area contributed by atoms with Crippen LogP contribution in [0.2, 0.25) is 0 Å². The first kappa shape index (κ1) is 13.2. The van der Waals surface area contributed by atoms with Gasteiger partial charge in [-0.25, -0.2) is 0 Å². The van der Waals surface area contributed by atoms with Crippen LogP contribution in [0.1, 0.15) is 24.6 Å². The number of carbonyl (C=O) groups is 1. The number of ketones is 1. The van der Waals surface area contributed by atoms with Gasteiger partial charge in [0.25, 0.3) is 0 Å². The van der Waals surface area contributed by atoms with E-state index in [1.54, 1.807) is 13.0 Å². The summed E-state index contributed by atoms with van der Waals surface area (Å²) in [5.41, 5.74) is 0.394. The van der Waals surface area contributed by atoms with E-state index in [9.17, 15) is 14.9 Å². The highest BCUT2D eigenvalue weighted by molar-refractivity contribution is 9.11. The molecule has 18 heavy (non-hydrogen) atoms. The Balaban J connectivity index is 2.49. The highest BCUT2D eigenvalue weighted by Gasteiger charge is 2.46. The van der Waals surface area contributed by atoms with Gasteiger partial charge in [0.2, 0.25) is 0 Å². The lowest BCUT2D eigenvalue weighted by molar-refractivity contribution is -0.570. The summed E-state index contributed by atoms with van der Waals surface area (Å²) < 4.78 is 6.09. The molecule has 2 atom stereocenters. The van der Waals surface area contributed by atoms with Crippen molar-refractivity contribution < 1.29 is 14.5 Å². The lowest BCUT2D eigenvalue weighted by atomic mass is 9.94. The zero-order chi connectivity index (χ0) is 13.4. The lowest BCUT2D eigenvalue weighted by Crippen LogP contribution is -2.26. The molecule has 96 valence electrons. The number of halogens is 1. The van der Waals surface area contributed by atoms with Crippen LogP contribution in [0.15, 0.2) is 27.3 Å². The van der Waals surface area contributed by atoms with Crippen molar-refractivity contribution in [2.45, 2.75) is 26.0 Å². The second kappa shape index (κ2) is 4.81. The number of ether oxygens (including phenoxy) is 1. The first-order valence-electron chi connectivity index (χ1n) is 5.19. The summed E-state index contributed by atoms with van der Waals surface area (Å²) in [6.07, 6.45) is -1.21. The molecule has 0 radical (unpaired) electrons. The van der Waals surface area contributed by atoms with Crippen molar-refractivity contribution in [3.63, 3.8) is 0 Å². The number of nitrogens with zero attached hydrogens (tertiary/aromatic N) is 1. The van der Waals surface area contributed by atoms with Gasteiger partial charge in [-0.05, 0) is 41.9 Å². The van der Waals surface area contributed by atoms with Gasteiger partial charge >= 0.3 is 6.23 Å². The van der Waals surface area contributed by atoms with E-state index in [2.05, 4.69) is 15.9 Å². The summed E-state index contributed by atoms with van der Waals surface area (Å²) >= 11 is 4.69. The quantitative estimate of drug-likeness (QED) is 0.630. The van der Waals surface area contributed by atoms with E-state index in [0.29, 0.717) is 11.3 Å². The van der Waals surface area contributed by atoms with Gasteiger partial charge in [-0.3, -0.25) is 14.9 Å². The van der Waals surface area contributed by atoms with Crippen molar-refractivity contribution in [2.24, 2.45) is 0 Å². The minimum Gasteiger partial charge on any atom is -0.434 e. The highest BCUT2D eigenvalue weighted by Crippen LogP contribution is 2.42. The van der Waals surface area contributed by atoms with Gasteiger partial charge in [0.05, 0.1) is 14.3 Å². The molecule has 0 N–H and O–H groups in total. The zero-order valence-electron chi connectivity index (χ0n) is 9.68. The molecule has 1 aliphatic heterocycles. The summed E-state index contributed by atoms with van der Waals surface area (Å²) in [7, 11) is 0. The number of carbonyl (C=O) groups excluding carboxylic acids is 1. The Morgan fingerprint density at radius 1 is 1.56 bits per heavy atom. The van der Waals surface area contributed by atoms with Gasteiger partial charge in [-0.15, -0.1) is 11.3 Å². The standard InChI is InChI=1S/C11H10BrNO4S/c1-5(14)9-6(2)17-11(13(15)16)10(9)7-3-4-8(12)18-7/h3-4,10-11H,1-2H3. The molecule has 5 nitrogen and oxygen atoms in total. The molecular formula is C11H10BrNO4S. The number of nitro groups is 1. The number of hydrogen-bond acceptors (Lipinski definition) is 5. The molecule has 0 aliphatic carbocycles. The number of thiophene rings is 1. The molecule has 0 amide bonds. The van der Waals surface area contributed by atoms with E-state index >= 15 is 0 Å². The molecule has 1 aromatic rings. The Morgan fingerprint density at radius 3 is 2.67 bits per heavy atom. The highest BCUT2D eigenvalue weighted by atomic mass is 79.9. The average Bonchev–Trinajstić information content (AvgIpc) is 2.81.